The van der Waals surface area contributed by atoms with Crippen LogP contribution in [-0.4, -0.2) is 16.6 Å². The molecule has 0 radical (unpaired) electrons. The Hall–Kier alpha value is -1.24. The second-order valence-corrected chi connectivity index (χ2v) is 6.09. The summed E-state index contributed by atoms with van der Waals surface area (Å²) in [5, 5.41) is 3.95. The maximum absolute atomic E-state index is 11.9. The van der Waals surface area contributed by atoms with Crippen molar-refractivity contribution in [2.24, 2.45) is 0 Å². The number of aromatic nitrogens is 1. The van der Waals surface area contributed by atoms with Gasteiger partial charge < -0.3 is 11.1 Å². The molecular formula is C13H11BrClN3OS. The maximum atomic E-state index is 11.9. The molecule has 1 heterocycles. The van der Waals surface area contributed by atoms with Crippen LogP contribution in [-0.2, 0) is 4.79 Å². The third-order valence-corrected chi connectivity index (χ3v) is 4.57. The van der Waals surface area contributed by atoms with Gasteiger partial charge in [-0.3, -0.25) is 4.79 Å². The summed E-state index contributed by atoms with van der Waals surface area (Å²) in [6.45, 7) is 0. The highest BCUT2D eigenvalue weighted by atomic mass is 79.9. The summed E-state index contributed by atoms with van der Waals surface area (Å²) in [6, 6.07) is 8.65. The second-order valence-electron chi connectivity index (χ2n) is 3.87. The molecule has 0 aliphatic heterocycles. The van der Waals surface area contributed by atoms with Gasteiger partial charge in [-0.15, -0.1) is 0 Å². The molecule has 3 N–H and O–H groups in total. The molecule has 20 heavy (non-hydrogen) atoms. The highest BCUT2D eigenvalue weighted by Gasteiger charge is 2.09. The minimum atomic E-state index is -0.167. The predicted octanol–water partition coefficient (Wildman–Crippen LogP) is 3.81. The zero-order chi connectivity index (χ0) is 14.5. The van der Waals surface area contributed by atoms with Gasteiger partial charge in [0.1, 0.15) is 5.03 Å². The summed E-state index contributed by atoms with van der Waals surface area (Å²) in [5.74, 6) is 0.0702. The van der Waals surface area contributed by atoms with E-state index in [1.807, 2.05) is 12.1 Å². The first-order chi connectivity index (χ1) is 9.56. The summed E-state index contributed by atoms with van der Waals surface area (Å²) in [6.07, 6.45) is 1.68. The number of rotatable bonds is 4. The van der Waals surface area contributed by atoms with E-state index in [9.17, 15) is 4.79 Å². The predicted molar refractivity (Wildman–Crippen MR) is 87.2 cm³/mol. The molecule has 1 aromatic heterocycles. The smallest absolute Gasteiger partial charge is 0.234 e. The molecule has 1 amide bonds. The average Bonchev–Trinajstić information content (AvgIpc) is 2.42. The molecular weight excluding hydrogens is 362 g/mol. The summed E-state index contributed by atoms with van der Waals surface area (Å²) < 4.78 is 0.861. The Bertz CT molecular complexity index is 639. The van der Waals surface area contributed by atoms with Crippen LogP contribution in [0.15, 0.2) is 46.0 Å². The number of nitrogens with zero attached hydrogens (tertiary/aromatic N) is 1. The zero-order valence-corrected chi connectivity index (χ0v) is 13.4. The molecule has 0 saturated heterocycles. The molecule has 0 bridgehead atoms. The van der Waals surface area contributed by atoms with E-state index in [1.165, 1.54) is 11.8 Å². The number of nitrogen functional groups attached to an aromatic ring is 1. The van der Waals surface area contributed by atoms with Crippen molar-refractivity contribution in [3.63, 3.8) is 0 Å². The number of pyridine rings is 1. The lowest BCUT2D eigenvalue weighted by molar-refractivity contribution is -0.113. The number of nitrogens with one attached hydrogen (secondary N) is 1. The topological polar surface area (TPSA) is 68.0 Å². The van der Waals surface area contributed by atoms with Crippen molar-refractivity contribution in [1.29, 1.82) is 0 Å². The molecule has 1 aromatic carbocycles. The fraction of sp³-hybridized carbons (Fsp3) is 0.0769. The van der Waals surface area contributed by atoms with Crippen molar-refractivity contribution in [2.45, 2.75) is 5.03 Å². The van der Waals surface area contributed by atoms with Crippen LogP contribution in [0.25, 0.3) is 0 Å². The summed E-state index contributed by atoms with van der Waals surface area (Å²) in [4.78, 5) is 16.1. The number of benzene rings is 1. The summed E-state index contributed by atoms with van der Waals surface area (Å²) in [7, 11) is 0. The monoisotopic (exact) mass is 371 g/mol. The number of hydrogen-bond acceptors (Lipinski definition) is 4. The Morgan fingerprint density at radius 3 is 3.00 bits per heavy atom. The lowest BCUT2D eigenvalue weighted by Crippen LogP contribution is -2.14. The van der Waals surface area contributed by atoms with Crippen molar-refractivity contribution in [1.82, 2.24) is 4.98 Å². The van der Waals surface area contributed by atoms with Gasteiger partial charge >= 0.3 is 0 Å². The average molecular weight is 373 g/mol. The Morgan fingerprint density at radius 2 is 2.25 bits per heavy atom. The highest BCUT2D eigenvalue weighted by molar-refractivity contribution is 9.10. The van der Waals surface area contributed by atoms with Gasteiger partial charge in [0.2, 0.25) is 5.91 Å². The first-order valence-corrected chi connectivity index (χ1v) is 7.80. The molecule has 104 valence electrons. The Morgan fingerprint density at radius 1 is 1.45 bits per heavy atom. The molecule has 4 nitrogen and oxygen atoms in total. The third-order valence-electron chi connectivity index (χ3n) is 2.33. The van der Waals surface area contributed by atoms with E-state index in [2.05, 4.69) is 26.2 Å². The molecule has 2 aromatic rings. The van der Waals surface area contributed by atoms with Crippen LogP contribution in [0.3, 0.4) is 0 Å². The van der Waals surface area contributed by atoms with Crippen LogP contribution >= 0.6 is 39.3 Å². The second kappa shape index (κ2) is 6.97. The first kappa shape index (κ1) is 15.2. The van der Waals surface area contributed by atoms with Crippen LogP contribution < -0.4 is 11.1 Å². The lowest BCUT2D eigenvalue weighted by atomic mass is 10.3. The lowest BCUT2D eigenvalue weighted by Gasteiger charge is -2.08. The molecule has 0 aliphatic rings. The zero-order valence-electron chi connectivity index (χ0n) is 10.3. The molecule has 2 rings (SSSR count). The summed E-state index contributed by atoms with van der Waals surface area (Å²) >= 11 is 10.7. The quantitative estimate of drug-likeness (QED) is 0.632. The first-order valence-electron chi connectivity index (χ1n) is 5.64. The van der Waals surface area contributed by atoms with Gasteiger partial charge in [0.15, 0.2) is 0 Å². The normalized spacial score (nSPS) is 10.3. The van der Waals surface area contributed by atoms with E-state index >= 15 is 0 Å². The molecule has 0 unspecified atom stereocenters. The molecule has 0 atom stereocenters. The van der Waals surface area contributed by atoms with Crippen molar-refractivity contribution in [3.05, 3.63) is 46.0 Å². The Labute approximate surface area is 134 Å². The number of hydrogen-bond donors (Lipinski definition) is 2. The molecule has 0 fully saturated rings. The van der Waals surface area contributed by atoms with Crippen LogP contribution in [0.5, 0.6) is 0 Å². The van der Waals surface area contributed by atoms with Gasteiger partial charge in [-0.1, -0.05) is 23.4 Å². The van der Waals surface area contributed by atoms with Crippen LogP contribution in [0, 0.1) is 0 Å². The van der Waals surface area contributed by atoms with Crippen molar-refractivity contribution >= 4 is 56.6 Å². The van der Waals surface area contributed by atoms with Crippen LogP contribution in [0.4, 0.5) is 11.4 Å². The van der Waals surface area contributed by atoms with E-state index in [0.717, 1.165) is 9.50 Å². The van der Waals surface area contributed by atoms with Gasteiger partial charge in [0, 0.05) is 16.4 Å². The minimum absolute atomic E-state index is 0.167. The van der Waals surface area contributed by atoms with Crippen molar-refractivity contribution in [3.8, 4) is 0 Å². The maximum Gasteiger partial charge on any atom is 0.234 e. The van der Waals surface area contributed by atoms with Crippen LogP contribution in [0.2, 0.25) is 5.02 Å². The summed E-state index contributed by atoms with van der Waals surface area (Å²) in [5.41, 5.74) is 6.71. The highest BCUT2D eigenvalue weighted by Crippen LogP contribution is 2.26. The van der Waals surface area contributed by atoms with Crippen molar-refractivity contribution in [2.75, 3.05) is 16.8 Å². The third kappa shape index (κ3) is 4.13. The van der Waals surface area contributed by atoms with Gasteiger partial charge in [0.05, 0.1) is 16.5 Å². The number of anilines is 2. The fourth-order valence-corrected chi connectivity index (χ4v) is 2.88. The number of thioether (sulfide) groups is 1. The number of nitrogens with two attached hydrogens (primary N) is 1. The molecule has 7 heteroatoms. The van der Waals surface area contributed by atoms with Crippen LogP contribution in [0.1, 0.15) is 0 Å². The van der Waals surface area contributed by atoms with Gasteiger partial charge in [-0.2, -0.15) is 0 Å². The van der Waals surface area contributed by atoms with E-state index in [1.54, 1.807) is 24.4 Å². The molecule has 0 saturated carbocycles. The molecule has 0 spiro atoms. The molecule has 0 aliphatic carbocycles. The number of amides is 1. The number of halogens is 2. The number of carbonyl (C=O) groups excluding carboxylic acids is 1. The minimum Gasteiger partial charge on any atom is -0.399 e. The van der Waals surface area contributed by atoms with E-state index in [0.29, 0.717) is 16.4 Å². The SMILES string of the molecule is Nc1ccc(Cl)c(NC(=O)CSc2ncccc2Br)c1. The van der Waals surface area contributed by atoms with Gasteiger partial charge in [-0.05, 0) is 46.3 Å². The van der Waals surface area contributed by atoms with E-state index in [-0.39, 0.29) is 11.7 Å². The van der Waals surface area contributed by atoms with Crippen molar-refractivity contribution < 1.29 is 4.79 Å². The van der Waals surface area contributed by atoms with Gasteiger partial charge in [-0.25, -0.2) is 4.98 Å². The van der Waals surface area contributed by atoms with E-state index < -0.39 is 0 Å². The van der Waals surface area contributed by atoms with E-state index in [4.69, 9.17) is 17.3 Å². The standard InChI is InChI=1S/C13H11BrClN3OS/c14-9-2-1-5-17-13(9)20-7-12(19)18-11-6-8(16)3-4-10(11)15/h1-6H,7,16H2,(H,18,19). The fourth-order valence-electron chi connectivity index (χ4n) is 1.44. The Balaban J connectivity index is 1.96. The number of carbonyl (C=O) groups is 1. The Kier molecular flexibility index (Phi) is 5.28. The largest absolute Gasteiger partial charge is 0.399 e. The van der Waals surface area contributed by atoms with Gasteiger partial charge in [0.25, 0.3) is 0 Å².